The number of fused-ring (bicyclic) bond motifs is 1. The quantitative estimate of drug-likeness (QED) is 0.352. The van der Waals surface area contributed by atoms with E-state index in [4.69, 9.17) is 4.74 Å². The molecule has 0 aliphatic carbocycles. The van der Waals surface area contributed by atoms with E-state index >= 15 is 0 Å². The van der Waals surface area contributed by atoms with Crippen LogP contribution in [0.15, 0.2) is 78.9 Å². The van der Waals surface area contributed by atoms with Crippen LogP contribution in [0.4, 0.5) is 4.39 Å². The van der Waals surface area contributed by atoms with Crippen LogP contribution in [0.1, 0.15) is 16.7 Å². The number of rotatable bonds is 7. The molecule has 0 spiro atoms. The van der Waals surface area contributed by atoms with Crippen molar-refractivity contribution in [2.24, 2.45) is 7.05 Å². The number of ether oxygens (including phenoxy) is 1. The fourth-order valence-electron chi connectivity index (χ4n) is 5.03. The van der Waals surface area contributed by atoms with Crippen LogP contribution in [0, 0.1) is 12.7 Å². The number of morpholine rings is 1. The summed E-state index contributed by atoms with van der Waals surface area (Å²) in [6.07, 6.45) is 3.44. The summed E-state index contributed by atoms with van der Waals surface area (Å²) >= 11 is 0. The maximum Gasteiger partial charge on any atom is 0.244 e. The van der Waals surface area contributed by atoms with Crippen molar-refractivity contribution in [3.63, 3.8) is 0 Å². The lowest BCUT2D eigenvalue weighted by Crippen LogP contribution is -2.46. The normalized spacial score (nSPS) is 16.5. The molecular weight excluding hydrogens is 465 g/mol. The number of carbonyl (C=O) groups is 1. The third kappa shape index (κ3) is 5.82. The molecule has 0 radical (unpaired) electrons. The second-order valence-corrected chi connectivity index (χ2v) is 9.64. The first-order chi connectivity index (χ1) is 18.0. The van der Waals surface area contributed by atoms with Gasteiger partial charge < -0.3 is 14.6 Å². The highest BCUT2D eigenvalue weighted by Gasteiger charge is 2.21. The lowest BCUT2D eigenvalue weighted by molar-refractivity contribution is -0.117. The van der Waals surface area contributed by atoms with E-state index in [1.165, 1.54) is 17.7 Å². The van der Waals surface area contributed by atoms with Gasteiger partial charge in [-0.2, -0.15) is 0 Å². The number of amides is 1. The molecule has 1 aliphatic rings. The smallest absolute Gasteiger partial charge is 0.244 e. The molecule has 5 nitrogen and oxygen atoms in total. The van der Waals surface area contributed by atoms with E-state index in [0.29, 0.717) is 19.7 Å². The molecule has 0 bridgehead atoms. The highest BCUT2D eigenvalue weighted by atomic mass is 19.1. The standard InChI is InChI=1S/C31H32FN3O2/c1-22-8-14-29-28(18-22)27(31(34(29)2)24-6-4-3-5-7-24)13-15-30(36)33-19-26-21-35(16-17-37-26)20-23-9-11-25(32)12-10-23/h3-15,18,26H,16-17,19-21H2,1-2H3,(H,33,36). The summed E-state index contributed by atoms with van der Waals surface area (Å²) in [5, 5.41) is 4.13. The summed E-state index contributed by atoms with van der Waals surface area (Å²) < 4.78 is 21.3. The van der Waals surface area contributed by atoms with Gasteiger partial charge in [-0.3, -0.25) is 9.69 Å². The number of benzene rings is 3. The second kappa shape index (κ2) is 11.1. The molecule has 1 fully saturated rings. The zero-order chi connectivity index (χ0) is 25.8. The molecule has 37 heavy (non-hydrogen) atoms. The minimum Gasteiger partial charge on any atom is -0.374 e. The lowest BCUT2D eigenvalue weighted by atomic mass is 10.0. The van der Waals surface area contributed by atoms with Gasteiger partial charge in [-0.1, -0.05) is 54.1 Å². The Balaban J connectivity index is 1.27. The molecule has 6 heteroatoms. The largest absolute Gasteiger partial charge is 0.374 e. The van der Waals surface area contributed by atoms with Gasteiger partial charge in [0.1, 0.15) is 5.82 Å². The van der Waals surface area contributed by atoms with E-state index in [9.17, 15) is 9.18 Å². The third-order valence-corrected chi connectivity index (χ3v) is 6.89. The molecule has 2 heterocycles. The molecule has 190 valence electrons. The summed E-state index contributed by atoms with van der Waals surface area (Å²) in [5.74, 6) is -0.378. The van der Waals surface area contributed by atoms with Crippen LogP contribution in [0.5, 0.6) is 0 Å². The summed E-state index contributed by atoms with van der Waals surface area (Å²) in [7, 11) is 2.06. The molecule has 1 unspecified atom stereocenters. The second-order valence-electron chi connectivity index (χ2n) is 9.64. The first-order valence-corrected chi connectivity index (χ1v) is 12.7. The first-order valence-electron chi connectivity index (χ1n) is 12.7. The molecule has 1 atom stereocenters. The Bertz CT molecular complexity index is 1410. The van der Waals surface area contributed by atoms with Crippen LogP contribution in [0.25, 0.3) is 28.2 Å². The number of nitrogens with zero attached hydrogens (tertiary/aromatic N) is 2. The van der Waals surface area contributed by atoms with E-state index in [-0.39, 0.29) is 17.8 Å². The maximum atomic E-state index is 13.2. The minimum atomic E-state index is -0.228. The summed E-state index contributed by atoms with van der Waals surface area (Å²) in [5.41, 5.74) is 6.58. The highest BCUT2D eigenvalue weighted by Crippen LogP contribution is 2.34. The Morgan fingerprint density at radius 1 is 1.11 bits per heavy atom. The van der Waals surface area contributed by atoms with Crippen molar-refractivity contribution in [1.29, 1.82) is 0 Å². The molecule has 1 aromatic heterocycles. The van der Waals surface area contributed by atoms with Gasteiger partial charge in [0.05, 0.1) is 18.4 Å². The van der Waals surface area contributed by atoms with Crippen molar-refractivity contribution in [3.05, 3.63) is 101 Å². The number of aromatic nitrogens is 1. The summed E-state index contributed by atoms with van der Waals surface area (Å²) in [4.78, 5) is 15.1. The molecule has 1 N–H and O–H groups in total. The SMILES string of the molecule is Cc1ccc2c(c1)c(C=CC(=O)NCC1CN(Cc3ccc(F)cc3)CCO1)c(-c1ccccc1)n2C. The van der Waals surface area contributed by atoms with Crippen LogP contribution >= 0.6 is 0 Å². The third-order valence-electron chi connectivity index (χ3n) is 6.89. The number of hydrogen-bond donors (Lipinski definition) is 1. The zero-order valence-electron chi connectivity index (χ0n) is 21.3. The first kappa shape index (κ1) is 24.9. The molecule has 0 saturated carbocycles. The van der Waals surface area contributed by atoms with Gasteiger partial charge in [0.15, 0.2) is 0 Å². The van der Waals surface area contributed by atoms with Crippen LogP contribution < -0.4 is 5.32 Å². The van der Waals surface area contributed by atoms with E-state index in [1.54, 1.807) is 6.08 Å². The average Bonchev–Trinajstić information content (AvgIpc) is 3.18. The van der Waals surface area contributed by atoms with Crippen molar-refractivity contribution in [1.82, 2.24) is 14.8 Å². The number of aryl methyl sites for hydroxylation is 2. The van der Waals surface area contributed by atoms with Gasteiger partial charge in [0.2, 0.25) is 5.91 Å². The molecule has 1 saturated heterocycles. The van der Waals surface area contributed by atoms with Crippen LogP contribution in [0.3, 0.4) is 0 Å². The number of hydrogen-bond acceptors (Lipinski definition) is 3. The van der Waals surface area contributed by atoms with Gasteiger partial charge in [-0.15, -0.1) is 0 Å². The monoisotopic (exact) mass is 497 g/mol. The van der Waals surface area contributed by atoms with Crippen LogP contribution in [0.2, 0.25) is 0 Å². The Kier molecular flexibility index (Phi) is 7.49. The lowest BCUT2D eigenvalue weighted by Gasteiger charge is -2.33. The average molecular weight is 498 g/mol. The van der Waals surface area contributed by atoms with E-state index in [1.807, 2.05) is 36.4 Å². The van der Waals surface area contributed by atoms with Crippen LogP contribution in [-0.4, -0.2) is 47.7 Å². The van der Waals surface area contributed by atoms with Gasteiger partial charge >= 0.3 is 0 Å². The highest BCUT2D eigenvalue weighted by molar-refractivity contribution is 6.01. The number of halogens is 1. The molecular formula is C31H32FN3O2. The zero-order valence-corrected chi connectivity index (χ0v) is 21.3. The Morgan fingerprint density at radius 2 is 1.89 bits per heavy atom. The van der Waals surface area contributed by atoms with Crippen molar-refractivity contribution in [2.75, 3.05) is 26.2 Å². The fourth-order valence-corrected chi connectivity index (χ4v) is 5.03. The molecule has 5 rings (SSSR count). The predicted octanol–water partition coefficient (Wildman–Crippen LogP) is 5.32. The van der Waals surface area contributed by atoms with Gasteiger partial charge in [0, 0.05) is 55.8 Å². The Hall–Kier alpha value is -3.74. The van der Waals surface area contributed by atoms with Gasteiger partial charge in [-0.05, 0) is 48.4 Å². The Morgan fingerprint density at radius 3 is 2.68 bits per heavy atom. The topological polar surface area (TPSA) is 46.5 Å². The Labute approximate surface area is 217 Å². The maximum absolute atomic E-state index is 13.2. The van der Waals surface area contributed by atoms with E-state index < -0.39 is 0 Å². The summed E-state index contributed by atoms with van der Waals surface area (Å²) in [6.45, 7) is 5.37. The molecule has 1 aliphatic heterocycles. The van der Waals surface area contributed by atoms with Crippen molar-refractivity contribution >= 4 is 22.9 Å². The van der Waals surface area contributed by atoms with Crippen LogP contribution in [-0.2, 0) is 23.1 Å². The van der Waals surface area contributed by atoms with Gasteiger partial charge in [-0.25, -0.2) is 4.39 Å². The fraction of sp³-hybridized carbons (Fsp3) is 0.258. The van der Waals surface area contributed by atoms with E-state index in [2.05, 4.69) is 59.1 Å². The molecule has 1 amide bonds. The van der Waals surface area contributed by atoms with Crippen molar-refractivity contribution in [2.45, 2.75) is 19.6 Å². The van der Waals surface area contributed by atoms with Crippen molar-refractivity contribution in [3.8, 4) is 11.3 Å². The molecule has 4 aromatic rings. The molecule has 3 aromatic carbocycles. The predicted molar refractivity (Wildman–Crippen MR) is 147 cm³/mol. The van der Waals surface area contributed by atoms with E-state index in [0.717, 1.165) is 46.4 Å². The van der Waals surface area contributed by atoms with Gasteiger partial charge in [0.25, 0.3) is 0 Å². The summed E-state index contributed by atoms with van der Waals surface area (Å²) in [6, 6.07) is 23.3. The van der Waals surface area contributed by atoms with Crippen molar-refractivity contribution < 1.29 is 13.9 Å². The number of carbonyl (C=O) groups excluding carboxylic acids is 1. The minimum absolute atomic E-state index is 0.0911. The number of nitrogens with one attached hydrogen (secondary N) is 1.